The van der Waals surface area contributed by atoms with E-state index in [-0.39, 0.29) is 12.7 Å². The number of hydrogen-bond donors (Lipinski definition) is 2. The fourth-order valence-corrected chi connectivity index (χ4v) is 2.54. The maximum atomic E-state index is 12.1. The molecule has 1 rings (SSSR count). The molecule has 0 aliphatic heterocycles. The number of nitrogens with one attached hydrogen (secondary N) is 1. The Hall–Kier alpha value is -1.14. The summed E-state index contributed by atoms with van der Waals surface area (Å²) in [7, 11) is 1.40. The van der Waals surface area contributed by atoms with Gasteiger partial charge in [0.05, 0.1) is 12.7 Å². The van der Waals surface area contributed by atoms with Gasteiger partial charge in [0, 0.05) is 7.11 Å². The maximum Gasteiger partial charge on any atom is 0.331 e. The quantitative estimate of drug-likeness (QED) is 0.699. The molecule has 6 heteroatoms. The molecule has 1 aliphatic carbocycles. The van der Waals surface area contributed by atoms with Crippen LogP contribution in [-0.4, -0.2) is 48.4 Å². The largest absolute Gasteiger partial charge is 0.479 e. The van der Waals surface area contributed by atoms with E-state index in [1.54, 1.807) is 6.92 Å². The molecule has 6 nitrogen and oxygen atoms in total. The van der Waals surface area contributed by atoms with Crippen molar-refractivity contribution >= 4 is 11.9 Å². The van der Waals surface area contributed by atoms with Crippen molar-refractivity contribution in [3.8, 4) is 0 Å². The maximum absolute atomic E-state index is 12.1. The third-order valence-corrected chi connectivity index (χ3v) is 3.87. The first-order valence-corrected chi connectivity index (χ1v) is 7.59. The highest BCUT2D eigenvalue weighted by Gasteiger charge is 2.36. The van der Waals surface area contributed by atoms with Crippen LogP contribution >= 0.6 is 0 Å². The van der Waals surface area contributed by atoms with Crippen molar-refractivity contribution in [2.24, 2.45) is 0 Å². The Bertz CT molecular complexity index is 352. The van der Waals surface area contributed by atoms with E-state index in [4.69, 9.17) is 9.47 Å². The number of carbonyl (C=O) groups is 2. The monoisotopic (exact) mass is 301 g/mol. The molecule has 0 heterocycles. The fourth-order valence-electron chi connectivity index (χ4n) is 2.54. The van der Waals surface area contributed by atoms with Crippen LogP contribution in [-0.2, 0) is 19.1 Å². The second-order valence-corrected chi connectivity index (χ2v) is 5.95. The highest BCUT2D eigenvalue weighted by Crippen LogP contribution is 2.21. The molecule has 1 fully saturated rings. The summed E-state index contributed by atoms with van der Waals surface area (Å²) in [5.41, 5.74) is -1.44. The van der Waals surface area contributed by atoms with Gasteiger partial charge in [0.25, 0.3) is 0 Å². The predicted molar refractivity (Wildman–Crippen MR) is 78.1 cm³/mol. The van der Waals surface area contributed by atoms with Crippen molar-refractivity contribution in [3.63, 3.8) is 0 Å². The Labute approximate surface area is 126 Å². The topological polar surface area (TPSA) is 84.9 Å². The summed E-state index contributed by atoms with van der Waals surface area (Å²) < 4.78 is 10.7. The van der Waals surface area contributed by atoms with E-state index in [1.165, 1.54) is 26.9 Å². The first-order chi connectivity index (χ1) is 9.89. The third kappa shape index (κ3) is 5.63. The van der Waals surface area contributed by atoms with Crippen LogP contribution in [0.4, 0.5) is 0 Å². The van der Waals surface area contributed by atoms with Crippen LogP contribution in [0, 0.1) is 0 Å². The van der Waals surface area contributed by atoms with Gasteiger partial charge in [-0.15, -0.1) is 0 Å². The summed E-state index contributed by atoms with van der Waals surface area (Å²) in [4.78, 5) is 23.4. The smallest absolute Gasteiger partial charge is 0.331 e. The molecule has 0 aromatic heterocycles. The van der Waals surface area contributed by atoms with Gasteiger partial charge in [0.1, 0.15) is 6.10 Å². The normalized spacial score (nSPS) is 21.1. The average molecular weight is 301 g/mol. The number of ether oxygens (including phenoxy) is 2. The molecular formula is C15H27NO5. The van der Waals surface area contributed by atoms with Crippen molar-refractivity contribution in [3.05, 3.63) is 0 Å². The molecule has 1 amide bonds. The lowest BCUT2D eigenvalue weighted by Crippen LogP contribution is -2.57. The summed E-state index contributed by atoms with van der Waals surface area (Å²) in [6.07, 6.45) is 6.02. The molecule has 122 valence electrons. The second kappa shape index (κ2) is 8.34. The molecule has 1 aliphatic rings. The van der Waals surface area contributed by atoms with Gasteiger partial charge < -0.3 is 19.9 Å². The van der Waals surface area contributed by atoms with Gasteiger partial charge in [-0.25, -0.2) is 4.79 Å². The molecule has 0 radical (unpaired) electrons. The fraction of sp³-hybridized carbons (Fsp3) is 0.867. The molecule has 2 atom stereocenters. The van der Waals surface area contributed by atoms with Crippen molar-refractivity contribution in [1.29, 1.82) is 0 Å². The van der Waals surface area contributed by atoms with Crippen molar-refractivity contribution in [1.82, 2.24) is 5.32 Å². The molecule has 21 heavy (non-hydrogen) atoms. The van der Waals surface area contributed by atoms with Gasteiger partial charge in [0.2, 0.25) is 5.91 Å². The van der Waals surface area contributed by atoms with Gasteiger partial charge in [-0.2, -0.15) is 0 Å². The molecule has 0 saturated heterocycles. The zero-order valence-electron chi connectivity index (χ0n) is 13.2. The van der Waals surface area contributed by atoms with E-state index in [0.29, 0.717) is 0 Å². The van der Waals surface area contributed by atoms with Crippen LogP contribution < -0.4 is 5.32 Å². The molecule has 2 N–H and O–H groups in total. The second-order valence-electron chi connectivity index (χ2n) is 5.95. The minimum Gasteiger partial charge on any atom is -0.479 e. The number of aliphatic carboxylic acids is 1. The number of amides is 1. The van der Waals surface area contributed by atoms with Crippen LogP contribution in [0.5, 0.6) is 0 Å². The summed E-state index contributed by atoms with van der Waals surface area (Å²) >= 11 is 0. The molecule has 0 aromatic carbocycles. The summed E-state index contributed by atoms with van der Waals surface area (Å²) in [5.74, 6) is -1.54. The van der Waals surface area contributed by atoms with Crippen LogP contribution in [0.15, 0.2) is 0 Å². The minimum absolute atomic E-state index is 0.0896. The molecule has 1 saturated carbocycles. The number of carboxylic acids is 1. The van der Waals surface area contributed by atoms with E-state index in [2.05, 4.69) is 5.32 Å². The van der Waals surface area contributed by atoms with Crippen molar-refractivity contribution in [2.45, 2.75) is 70.1 Å². The standard InChI is InChI=1S/C15H27NO5/c1-11(21-12-8-6-4-5-7-9-12)13(17)16-15(2,10-20-3)14(18)19/h11-12H,4-10H2,1-3H3,(H,16,17)(H,18,19). The Kier molecular flexibility index (Phi) is 7.11. The molecule has 0 bridgehead atoms. The van der Waals surface area contributed by atoms with E-state index >= 15 is 0 Å². The summed E-state index contributed by atoms with van der Waals surface area (Å²) in [6.45, 7) is 2.99. The molecule has 0 spiro atoms. The van der Waals surface area contributed by atoms with Crippen LogP contribution in [0.25, 0.3) is 0 Å². The molecular weight excluding hydrogens is 274 g/mol. The van der Waals surface area contributed by atoms with Crippen molar-refractivity contribution in [2.75, 3.05) is 13.7 Å². The SMILES string of the molecule is COCC(C)(NC(=O)C(C)OC1CCCCCC1)C(=O)O. The third-order valence-electron chi connectivity index (χ3n) is 3.87. The lowest BCUT2D eigenvalue weighted by molar-refractivity contribution is -0.152. The van der Waals surface area contributed by atoms with E-state index in [0.717, 1.165) is 25.7 Å². The van der Waals surface area contributed by atoms with Gasteiger partial charge in [0.15, 0.2) is 5.54 Å². The number of hydrogen-bond acceptors (Lipinski definition) is 4. The van der Waals surface area contributed by atoms with E-state index in [9.17, 15) is 14.7 Å². The van der Waals surface area contributed by atoms with Gasteiger partial charge >= 0.3 is 5.97 Å². The Morgan fingerprint density at radius 3 is 2.33 bits per heavy atom. The first kappa shape index (κ1) is 17.9. The van der Waals surface area contributed by atoms with Gasteiger partial charge in [-0.1, -0.05) is 25.7 Å². The number of methoxy groups -OCH3 is 1. The van der Waals surface area contributed by atoms with Gasteiger partial charge in [-0.3, -0.25) is 4.79 Å². The highest BCUT2D eigenvalue weighted by molar-refractivity contribution is 5.88. The minimum atomic E-state index is -1.44. The highest BCUT2D eigenvalue weighted by atomic mass is 16.5. The Morgan fingerprint density at radius 2 is 1.86 bits per heavy atom. The number of carbonyl (C=O) groups excluding carboxylic acids is 1. The summed E-state index contributed by atoms with van der Waals surface area (Å²) in [6, 6.07) is 0. The zero-order chi connectivity index (χ0) is 15.9. The lowest BCUT2D eigenvalue weighted by atomic mass is 10.0. The van der Waals surface area contributed by atoms with Crippen LogP contribution in [0.3, 0.4) is 0 Å². The predicted octanol–water partition coefficient (Wildman–Crippen LogP) is 1.72. The molecule has 2 unspecified atom stereocenters. The zero-order valence-corrected chi connectivity index (χ0v) is 13.2. The Balaban J connectivity index is 2.54. The first-order valence-electron chi connectivity index (χ1n) is 7.59. The Morgan fingerprint density at radius 1 is 1.29 bits per heavy atom. The van der Waals surface area contributed by atoms with E-state index in [1.807, 2.05) is 0 Å². The summed E-state index contributed by atoms with van der Waals surface area (Å²) in [5, 5.41) is 11.7. The van der Waals surface area contributed by atoms with Crippen molar-refractivity contribution < 1.29 is 24.2 Å². The number of rotatable bonds is 7. The van der Waals surface area contributed by atoms with Crippen LogP contribution in [0.1, 0.15) is 52.4 Å². The van der Waals surface area contributed by atoms with Crippen LogP contribution in [0.2, 0.25) is 0 Å². The van der Waals surface area contributed by atoms with E-state index < -0.39 is 23.5 Å². The lowest BCUT2D eigenvalue weighted by Gasteiger charge is -2.28. The number of carboxylic acid groups (broad SMARTS) is 1. The van der Waals surface area contributed by atoms with Gasteiger partial charge in [-0.05, 0) is 26.7 Å². The average Bonchev–Trinajstić information content (AvgIpc) is 2.67. The molecule has 0 aromatic rings.